The number of carboxylic acids is 1. The van der Waals surface area contributed by atoms with Crippen LogP contribution in [0.3, 0.4) is 0 Å². The van der Waals surface area contributed by atoms with Crippen molar-refractivity contribution in [1.29, 1.82) is 0 Å². The van der Waals surface area contributed by atoms with Gasteiger partial charge in [-0.05, 0) is 38.5 Å². The monoisotopic (exact) mass is 282 g/mol. The minimum absolute atomic E-state index is 0.0734. The summed E-state index contributed by atoms with van der Waals surface area (Å²) in [5, 5.41) is 15.0. The Balaban J connectivity index is 1.68. The van der Waals surface area contributed by atoms with E-state index in [1.165, 1.54) is 25.7 Å². The molecule has 0 unspecified atom stereocenters. The minimum Gasteiger partial charge on any atom is -0.481 e. The first-order valence-electron chi connectivity index (χ1n) is 7.95. The number of carboxylic acid groups (broad SMARTS) is 1. The summed E-state index contributed by atoms with van der Waals surface area (Å²) in [5.74, 6) is -0.927. The third-order valence-corrected chi connectivity index (χ3v) is 4.60. The Bertz CT molecular complexity index is 330. The average molecular weight is 282 g/mol. The van der Waals surface area contributed by atoms with Crippen molar-refractivity contribution in [3.63, 3.8) is 0 Å². The lowest BCUT2D eigenvalue weighted by molar-refractivity contribution is -0.142. The number of aliphatic carboxylic acids is 1. The van der Waals surface area contributed by atoms with Crippen LogP contribution < -0.4 is 10.6 Å². The van der Waals surface area contributed by atoms with E-state index in [2.05, 4.69) is 10.6 Å². The number of amides is 2. The molecule has 2 aliphatic carbocycles. The smallest absolute Gasteiger partial charge is 0.315 e. The number of nitrogens with one attached hydrogen (secondary N) is 2. The molecule has 5 nitrogen and oxygen atoms in total. The van der Waals surface area contributed by atoms with Crippen LogP contribution in [0.5, 0.6) is 0 Å². The Morgan fingerprint density at radius 3 is 1.75 bits per heavy atom. The number of urea groups is 1. The van der Waals surface area contributed by atoms with Crippen molar-refractivity contribution in [2.75, 3.05) is 0 Å². The van der Waals surface area contributed by atoms with E-state index in [0.717, 1.165) is 25.7 Å². The highest BCUT2D eigenvalue weighted by Gasteiger charge is 2.27. The van der Waals surface area contributed by atoms with Crippen molar-refractivity contribution >= 4 is 12.0 Å². The molecule has 0 aromatic rings. The van der Waals surface area contributed by atoms with Gasteiger partial charge in [-0.3, -0.25) is 4.79 Å². The molecule has 0 bridgehead atoms. The zero-order valence-electron chi connectivity index (χ0n) is 12.1. The molecule has 2 aliphatic rings. The summed E-state index contributed by atoms with van der Waals surface area (Å²) in [7, 11) is 0. The largest absolute Gasteiger partial charge is 0.481 e. The summed E-state index contributed by atoms with van der Waals surface area (Å²) in [4.78, 5) is 22.8. The summed E-state index contributed by atoms with van der Waals surface area (Å²) >= 11 is 0. The van der Waals surface area contributed by atoms with E-state index in [-0.39, 0.29) is 18.0 Å². The van der Waals surface area contributed by atoms with Crippen LogP contribution in [0.2, 0.25) is 0 Å². The summed E-state index contributed by atoms with van der Waals surface area (Å²) in [5.41, 5.74) is 0. The maximum atomic E-state index is 12.0. The molecule has 0 aromatic heterocycles. The Hall–Kier alpha value is -1.26. The second kappa shape index (κ2) is 7.50. The molecule has 2 amide bonds. The Labute approximate surface area is 120 Å². The molecular weight excluding hydrogens is 256 g/mol. The van der Waals surface area contributed by atoms with E-state index in [0.29, 0.717) is 18.9 Å². The van der Waals surface area contributed by atoms with Gasteiger partial charge in [0.25, 0.3) is 0 Å². The van der Waals surface area contributed by atoms with Crippen molar-refractivity contribution in [2.45, 2.75) is 76.3 Å². The minimum atomic E-state index is -0.702. The zero-order chi connectivity index (χ0) is 14.4. The Kier molecular flexibility index (Phi) is 5.68. The van der Waals surface area contributed by atoms with Crippen LogP contribution >= 0.6 is 0 Å². The predicted octanol–water partition coefficient (Wildman–Crippen LogP) is 2.65. The van der Waals surface area contributed by atoms with Crippen LogP contribution in [0, 0.1) is 5.92 Å². The van der Waals surface area contributed by atoms with Gasteiger partial charge in [-0.1, -0.05) is 25.7 Å². The van der Waals surface area contributed by atoms with Crippen molar-refractivity contribution in [3.8, 4) is 0 Å². The molecule has 114 valence electrons. The number of rotatable bonds is 3. The lowest BCUT2D eigenvalue weighted by atomic mass is 9.86. The van der Waals surface area contributed by atoms with Crippen LogP contribution in [0.25, 0.3) is 0 Å². The normalized spacial score (nSPS) is 28.4. The van der Waals surface area contributed by atoms with Crippen LogP contribution in [0.1, 0.15) is 64.2 Å². The number of hydrogen-bond donors (Lipinski definition) is 3. The number of carbonyl (C=O) groups excluding carboxylic acids is 1. The third kappa shape index (κ3) is 4.69. The number of carbonyl (C=O) groups is 2. The van der Waals surface area contributed by atoms with Crippen LogP contribution in [-0.2, 0) is 4.79 Å². The molecule has 0 saturated heterocycles. The molecule has 0 heterocycles. The van der Waals surface area contributed by atoms with Gasteiger partial charge in [0.05, 0.1) is 5.92 Å². The molecule has 0 radical (unpaired) electrons. The standard InChI is InChI=1S/C15H26N2O3/c18-14(19)11-7-9-13(10-8-11)17-15(20)16-12-5-3-1-2-4-6-12/h11-13H,1-10H2,(H,18,19)(H2,16,17,20). The molecule has 0 aromatic carbocycles. The Morgan fingerprint density at radius 1 is 0.750 bits per heavy atom. The van der Waals surface area contributed by atoms with Crippen LogP contribution in [-0.4, -0.2) is 29.2 Å². The number of hydrogen-bond acceptors (Lipinski definition) is 2. The lowest BCUT2D eigenvalue weighted by Crippen LogP contribution is -2.47. The average Bonchev–Trinajstić information content (AvgIpc) is 2.68. The van der Waals surface area contributed by atoms with Crippen molar-refractivity contribution in [2.24, 2.45) is 5.92 Å². The second-order valence-electron chi connectivity index (χ2n) is 6.19. The first-order valence-corrected chi connectivity index (χ1v) is 7.95. The SMILES string of the molecule is O=C(NC1CCCCCC1)NC1CCC(C(=O)O)CC1. The first-order chi connectivity index (χ1) is 9.65. The van der Waals surface area contributed by atoms with Gasteiger partial charge in [0.1, 0.15) is 0 Å². The Morgan fingerprint density at radius 2 is 1.25 bits per heavy atom. The quantitative estimate of drug-likeness (QED) is 0.696. The van der Waals surface area contributed by atoms with Gasteiger partial charge in [0, 0.05) is 12.1 Å². The molecule has 0 spiro atoms. The van der Waals surface area contributed by atoms with E-state index in [4.69, 9.17) is 5.11 Å². The van der Waals surface area contributed by atoms with Crippen molar-refractivity contribution in [1.82, 2.24) is 10.6 Å². The van der Waals surface area contributed by atoms with Gasteiger partial charge in [-0.2, -0.15) is 0 Å². The zero-order valence-corrected chi connectivity index (χ0v) is 12.1. The maximum absolute atomic E-state index is 12.0. The summed E-state index contributed by atoms with van der Waals surface area (Å²) < 4.78 is 0. The van der Waals surface area contributed by atoms with Crippen molar-refractivity contribution < 1.29 is 14.7 Å². The highest BCUT2D eigenvalue weighted by Crippen LogP contribution is 2.24. The van der Waals surface area contributed by atoms with Gasteiger partial charge >= 0.3 is 12.0 Å². The molecule has 2 rings (SSSR count). The third-order valence-electron chi connectivity index (χ3n) is 4.60. The van der Waals surface area contributed by atoms with E-state index in [9.17, 15) is 9.59 Å². The fourth-order valence-electron chi connectivity index (χ4n) is 3.32. The first kappa shape index (κ1) is 15.1. The molecule has 3 N–H and O–H groups in total. The van der Waals surface area contributed by atoms with Gasteiger partial charge < -0.3 is 15.7 Å². The molecule has 0 atom stereocenters. The lowest BCUT2D eigenvalue weighted by Gasteiger charge is -2.27. The van der Waals surface area contributed by atoms with Crippen molar-refractivity contribution in [3.05, 3.63) is 0 Å². The highest BCUT2D eigenvalue weighted by atomic mass is 16.4. The summed E-state index contributed by atoms with van der Waals surface area (Å²) in [6, 6.07) is 0.375. The van der Waals surface area contributed by atoms with E-state index >= 15 is 0 Å². The molecule has 20 heavy (non-hydrogen) atoms. The fraction of sp³-hybridized carbons (Fsp3) is 0.867. The summed E-state index contributed by atoms with van der Waals surface area (Å²) in [6.07, 6.45) is 10.0. The second-order valence-corrected chi connectivity index (χ2v) is 6.19. The summed E-state index contributed by atoms with van der Waals surface area (Å²) in [6.45, 7) is 0. The van der Waals surface area contributed by atoms with Crippen LogP contribution in [0.4, 0.5) is 4.79 Å². The topological polar surface area (TPSA) is 78.4 Å². The van der Waals surface area contributed by atoms with Gasteiger partial charge in [0.2, 0.25) is 0 Å². The molecular formula is C15H26N2O3. The maximum Gasteiger partial charge on any atom is 0.315 e. The molecule has 2 fully saturated rings. The molecule has 5 heteroatoms. The predicted molar refractivity (Wildman–Crippen MR) is 76.5 cm³/mol. The van der Waals surface area contributed by atoms with Crippen LogP contribution in [0.15, 0.2) is 0 Å². The highest BCUT2D eigenvalue weighted by molar-refractivity contribution is 5.74. The van der Waals surface area contributed by atoms with Gasteiger partial charge in [0.15, 0.2) is 0 Å². The molecule has 2 saturated carbocycles. The van der Waals surface area contributed by atoms with Gasteiger partial charge in [-0.15, -0.1) is 0 Å². The van der Waals surface area contributed by atoms with E-state index in [1.807, 2.05) is 0 Å². The molecule has 0 aliphatic heterocycles. The fourth-order valence-corrected chi connectivity index (χ4v) is 3.32. The van der Waals surface area contributed by atoms with Gasteiger partial charge in [-0.25, -0.2) is 4.79 Å². The van der Waals surface area contributed by atoms with E-state index in [1.54, 1.807) is 0 Å². The van der Waals surface area contributed by atoms with E-state index < -0.39 is 5.97 Å².